The smallest absolute Gasteiger partial charge is 0.117 e. The molecule has 0 fully saturated rings. The Bertz CT molecular complexity index is 319. The summed E-state index contributed by atoms with van der Waals surface area (Å²) >= 11 is 3.05. The summed E-state index contributed by atoms with van der Waals surface area (Å²) in [5.74, 6) is 0.0341. The second kappa shape index (κ2) is 4.63. The van der Waals surface area contributed by atoms with E-state index in [1.54, 1.807) is 0 Å². The van der Waals surface area contributed by atoms with Crippen molar-refractivity contribution in [3.8, 4) is 5.75 Å². The van der Waals surface area contributed by atoms with E-state index >= 15 is 0 Å². The molecule has 4 nitrogen and oxygen atoms in total. The summed E-state index contributed by atoms with van der Waals surface area (Å²) in [6.07, 6.45) is -1.96. The number of aliphatic hydroxyl groups excluding tert-OH is 2. The van der Waals surface area contributed by atoms with E-state index in [-0.39, 0.29) is 16.8 Å². The lowest BCUT2D eigenvalue weighted by molar-refractivity contribution is 0.0347. The molecule has 1 rings (SSSR count). The maximum atomic E-state index is 9.62. The van der Waals surface area contributed by atoms with E-state index in [0.717, 1.165) is 0 Å². The van der Waals surface area contributed by atoms with Gasteiger partial charge in [-0.25, -0.2) is 0 Å². The lowest BCUT2D eigenvalue weighted by atomic mass is 10.0. The van der Waals surface area contributed by atoms with E-state index in [9.17, 15) is 10.2 Å². The minimum absolute atomic E-state index is 0.0341. The number of hydrogen-bond acceptors (Lipinski definition) is 4. The van der Waals surface area contributed by atoms with Gasteiger partial charge in [0.25, 0.3) is 0 Å². The van der Waals surface area contributed by atoms with Crippen molar-refractivity contribution in [1.82, 2.24) is 0 Å². The molecule has 0 saturated heterocycles. The zero-order valence-corrected chi connectivity index (χ0v) is 8.98. The number of phenols is 1. The molecule has 0 heterocycles. The number of hydrogen-bond donors (Lipinski definition) is 4. The predicted octanol–water partition coefficient (Wildman–Crippen LogP) is 0.764. The van der Waals surface area contributed by atoms with Crippen LogP contribution in [0.5, 0.6) is 5.75 Å². The minimum atomic E-state index is -1.05. The highest BCUT2D eigenvalue weighted by Gasteiger charge is 2.19. The summed E-state index contributed by atoms with van der Waals surface area (Å²) in [5, 5.41) is 28.3. The SMILES string of the molecule is Nc1cc(O)ccc1C(O)C(O)CBr. The number of nitrogen functional groups attached to an aromatic ring is 1. The summed E-state index contributed by atoms with van der Waals surface area (Å²) in [6.45, 7) is 0. The zero-order valence-electron chi connectivity index (χ0n) is 7.39. The van der Waals surface area contributed by atoms with Gasteiger partial charge < -0.3 is 21.1 Å². The van der Waals surface area contributed by atoms with Crippen LogP contribution in [0.3, 0.4) is 0 Å². The summed E-state index contributed by atoms with van der Waals surface area (Å²) in [4.78, 5) is 0. The van der Waals surface area contributed by atoms with E-state index < -0.39 is 12.2 Å². The van der Waals surface area contributed by atoms with Crippen molar-refractivity contribution >= 4 is 21.6 Å². The van der Waals surface area contributed by atoms with Crippen molar-refractivity contribution < 1.29 is 15.3 Å². The first-order valence-electron chi connectivity index (χ1n) is 4.06. The van der Waals surface area contributed by atoms with Crippen LogP contribution in [-0.2, 0) is 0 Å². The number of phenolic OH excluding ortho intramolecular Hbond substituents is 1. The molecule has 1 aromatic rings. The fourth-order valence-corrected chi connectivity index (χ4v) is 1.48. The Morgan fingerprint density at radius 3 is 2.50 bits per heavy atom. The molecule has 2 unspecified atom stereocenters. The highest BCUT2D eigenvalue weighted by molar-refractivity contribution is 9.09. The van der Waals surface area contributed by atoms with Gasteiger partial charge in [0.05, 0.1) is 6.10 Å². The van der Waals surface area contributed by atoms with E-state index in [1.807, 2.05) is 0 Å². The molecule has 78 valence electrons. The van der Waals surface area contributed by atoms with E-state index in [1.165, 1.54) is 18.2 Å². The first-order valence-corrected chi connectivity index (χ1v) is 5.19. The van der Waals surface area contributed by atoms with Crippen molar-refractivity contribution in [2.24, 2.45) is 0 Å². The van der Waals surface area contributed by atoms with Gasteiger partial charge in [-0.1, -0.05) is 22.0 Å². The molecule has 2 atom stereocenters. The Labute approximate surface area is 90.1 Å². The van der Waals surface area contributed by atoms with Crippen molar-refractivity contribution in [3.05, 3.63) is 23.8 Å². The van der Waals surface area contributed by atoms with Crippen LogP contribution in [0.1, 0.15) is 11.7 Å². The van der Waals surface area contributed by atoms with Gasteiger partial charge in [0.2, 0.25) is 0 Å². The molecule has 0 aromatic heterocycles. The van der Waals surface area contributed by atoms with Gasteiger partial charge in [0.1, 0.15) is 11.9 Å². The number of halogens is 1. The highest BCUT2D eigenvalue weighted by Crippen LogP contribution is 2.26. The fourth-order valence-electron chi connectivity index (χ4n) is 1.12. The molecule has 0 radical (unpaired) electrons. The molecule has 5 heteroatoms. The summed E-state index contributed by atoms with van der Waals surface area (Å²) in [5.41, 5.74) is 6.24. The van der Waals surface area contributed by atoms with Crippen molar-refractivity contribution in [1.29, 1.82) is 0 Å². The number of benzene rings is 1. The van der Waals surface area contributed by atoms with Gasteiger partial charge in [0.15, 0.2) is 0 Å². The number of nitrogens with two attached hydrogens (primary N) is 1. The van der Waals surface area contributed by atoms with Gasteiger partial charge in [-0.3, -0.25) is 0 Å². The lowest BCUT2D eigenvalue weighted by Crippen LogP contribution is -2.20. The number of alkyl halides is 1. The molecular weight excluding hydrogens is 250 g/mol. The van der Waals surface area contributed by atoms with Crippen molar-refractivity contribution in [2.45, 2.75) is 12.2 Å². The first-order chi connectivity index (χ1) is 6.56. The first kappa shape index (κ1) is 11.3. The molecule has 14 heavy (non-hydrogen) atoms. The van der Waals surface area contributed by atoms with Crippen LogP contribution in [0.2, 0.25) is 0 Å². The quantitative estimate of drug-likeness (QED) is 0.478. The van der Waals surface area contributed by atoms with Crippen LogP contribution in [0, 0.1) is 0 Å². The topological polar surface area (TPSA) is 86.7 Å². The average molecular weight is 262 g/mol. The van der Waals surface area contributed by atoms with Gasteiger partial charge in [-0.15, -0.1) is 0 Å². The van der Waals surface area contributed by atoms with Crippen molar-refractivity contribution in [2.75, 3.05) is 11.1 Å². The third-order valence-corrected chi connectivity index (χ3v) is 2.57. The molecule has 0 aliphatic rings. The number of aliphatic hydroxyl groups is 2. The van der Waals surface area contributed by atoms with Crippen LogP contribution in [0.4, 0.5) is 5.69 Å². The highest BCUT2D eigenvalue weighted by atomic mass is 79.9. The van der Waals surface area contributed by atoms with E-state index in [4.69, 9.17) is 10.8 Å². The summed E-state index contributed by atoms with van der Waals surface area (Å²) in [7, 11) is 0. The Balaban J connectivity index is 2.95. The summed E-state index contributed by atoms with van der Waals surface area (Å²) in [6, 6.07) is 4.23. The second-order valence-corrected chi connectivity index (χ2v) is 3.63. The Kier molecular flexibility index (Phi) is 3.74. The Morgan fingerprint density at radius 2 is 2.00 bits per heavy atom. The van der Waals surface area contributed by atoms with Crippen LogP contribution in [0.15, 0.2) is 18.2 Å². The van der Waals surface area contributed by atoms with Crippen LogP contribution < -0.4 is 5.73 Å². The molecular formula is C9H12BrNO3. The monoisotopic (exact) mass is 261 g/mol. The zero-order chi connectivity index (χ0) is 10.7. The van der Waals surface area contributed by atoms with Crippen LogP contribution in [-0.4, -0.2) is 26.8 Å². The molecule has 0 bridgehead atoms. The van der Waals surface area contributed by atoms with Crippen LogP contribution >= 0.6 is 15.9 Å². The maximum Gasteiger partial charge on any atom is 0.117 e. The molecule has 0 spiro atoms. The number of anilines is 1. The van der Waals surface area contributed by atoms with Gasteiger partial charge >= 0.3 is 0 Å². The van der Waals surface area contributed by atoms with Gasteiger partial charge in [-0.05, 0) is 6.07 Å². The van der Waals surface area contributed by atoms with Gasteiger partial charge in [-0.2, -0.15) is 0 Å². The molecule has 0 amide bonds. The number of aromatic hydroxyl groups is 1. The fraction of sp³-hybridized carbons (Fsp3) is 0.333. The van der Waals surface area contributed by atoms with Gasteiger partial charge in [0, 0.05) is 22.6 Å². The third-order valence-electron chi connectivity index (χ3n) is 1.91. The molecule has 0 saturated carbocycles. The second-order valence-electron chi connectivity index (χ2n) is 2.98. The molecule has 1 aromatic carbocycles. The number of rotatable bonds is 3. The lowest BCUT2D eigenvalue weighted by Gasteiger charge is -2.17. The van der Waals surface area contributed by atoms with E-state index in [2.05, 4.69) is 15.9 Å². The molecule has 5 N–H and O–H groups in total. The molecule has 0 aliphatic heterocycles. The summed E-state index contributed by atoms with van der Waals surface area (Å²) < 4.78 is 0. The normalized spacial score (nSPS) is 15.1. The third kappa shape index (κ3) is 2.37. The van der Waals surface area contributed by atoms with E-state index in [0.29, 0.717) is 5.56 Å². The maximum absolute atomic E-state index is 9.62. The predicted molar refractivity (Wildman–Crippen MR) is 57.3 cm³/mol. The Morgan fingerprint density at radius 1 is 1.36 bits per heavy atom. The standard InChI is InChI=1S/C9H12BrNO3/c10-4-8(13)9(14)6-2-1-5(12)3-7(6)11/h1-3,8-9,12-14H,4,11H2. The van der Waals surface area contributed by atoms with Crippen molar-refractivity contribution in [3.63, 3.8) is 0 Å². The largest absolute Gasteiger partial charge is 0.508 e. The van der Waals surface area contributed by atoms with Crippen LogP contribution in [0.25, 0.3) is 0 Å². The average Bonchev–Trinajstić information content (AvgIpc) is 2.15. The Hall–Kier alpha value is -0.780. The minimum Gasteiger partial charge on any atom is -0.508 e. The molecule has 0 aliphatic carbocycles.